The number of fused-ring (bicyclic) bond motifs is 1. The fourth-order valence-corrected chi connectivity index (χ4v) is 1.87. The summed E-state index contributed by atoms with van der Waals surface area (Å²) in [6.07, 6.45) is 1.63. The summed E-state index contributed by atoms with van der Waals surface area (Å²) in [7, 11) is 0. The minimum absolute atomic E-state index is 0.0358. The number of alkyl halides is 1. The molecule has 2 rings (SSSR count). The Bertz CT molecular complexity index is 400. The van der Waals surface area contributed by atoms with Crippen molar-refractivity contribution in [3.63, 3.8) is 0 Å². The number of amides is 1. The van der Waals surface area contributed by atoms with Crippen molar-refractivity contribution in [1.82, 2.24) is 4.98 Å². The third-order valence-electron chi connectivity index (χ3n) is 2.06. The third-order valence-corrected chi connectivity index (χ3v) is 2.72. The number of rotatable bonds is 1. The average Bonchev–Trinajstić information content (AvgIpc) is 2.27. The second-order valence-corrected chi connectivity index (χ2v) is 4.19. The maximum Gasteiger partial charge on any atom is 0.242 e. The lowest BCUT2D eigenvalue weighted by molar-refractivity contribution is -0.116. The molecule has 0 atom stereocenters. The first kappa shape index (κ1) is 10.7. The fraction of sp³-hybridized carbons (Fsp3) is 0.333. The molecule has 4 nitrogen and oxygen atoms in total. The fourth-order valence-electron chi connectivity index (χ4n) is 1.41. The second-order valence-electron chi connectivity index (χ2n) is 3.01. The number of pyridine rings is 1. The molecule has 0 saturated heterocycles. The molecule has 15 heavy (non-hydrogen) atoms. The molecular weight excluding hydrogens is 283 g/mol. The molecule has 0 bridgehead atoms. The smallest absolute Gasteiger partial charge is 0.242 e. The number of hydrogen-bond acceptors (Lipinski definition) is 3. The molecule has 0 unspecified atom stereocenters. The Morgan fingerprint density at radius 3 is 3.27 bits per heavy atom. The monoisotopic (exact) mass is 290 g/mol. The van der Waals surface area contributed by atoms with Gasteiger partial charge >= 0.3 is 0 Å². The van der Waals surface area contributed by atoms with Crippen molar-refractivity contribution in [2.45, 2.75) is 0 Å². The highest BCUT2D eigenvalue weighted by Crippen LogP contribution is 2.31. The number of carbonyl (C=O) groups excluding carboxylic acids is 1. The quantitative estimate of drug-likeness (QED) is 0.741. The van der Waals surface area contributed by atoms with Crippen molar-refractivity contribution < 1.29 is 9.53 Å². The zero-order valence-corrected chi connectivity index (χ0v) is 10.1. The van der Waals surface area contributed by atoms with Gasteiger partial charge < -0.3 is 9.64 Å². The number of aromatic nitrogens is 1. The van der Waals surface area contributed by atoms with Crippen LogP contribution in [0.25, 0.3) is 0 Å². The molecule has 0 fully saturated rings. The molecule has 0 saturated carbocycles. The summed E-state index contributed by atoms with van der Waals surface area (Å²) in [6, 6.07) is 1.80. The highest BCUT2D eigenvalue weighted by molar-refractivity contribution is 9.10. The number of carbonyl (C=O) groups is 1. The standard InChI is InChI=1S/C9H8BrClN2O2/c10-6-3-7-9(12-5-6)15-2-1-13(7)8(14)4-11/h3,5H,1-2,4H2. The van der Waals surface area contributed by atoms with Gasteiger partial charge in [-0.3, -0.25) is 4.79 Å². The van der Waals surface area contributed by atoms with E-state index in [4.69, 9.17) is 16.3 Å². The zero-order chi connectivity index (χ0) is 10.8. The van der Waals surface area contributed by atoms with Crippen LogP contribution in [-0.4, -0.2) is 29.9 Å². The molecule has 1 aliphatic rings. The van der Waals surface area contributed by atoms with Crippen molar-refractivity contribution >= 4 is 39.1 Å². The molecule has 2 heterocycles. The topological polar surface area (TPSA) is 42.4 Å². The van der Waals surface area contributed by atoms with Crippen LogP contribution >= 0.6 is 27.5 Å². The van der Waals surface area contributed by atoms with Gasteiger partial charge in [0.15, 0.2) is 0 Å². The lowest BCUT2D eigenvalue weighted by atomic mass is 10.3. The minimum Gasteiger partial charge on any atom is -0.474 e. The maximum absolute atomic E-state index is 11.5. The first-order chi connectivity index (χ1) is 7.22. The van der Waals surface area contributed by atoms with Crippen molar-refractivity contribution in [2.75, 3.05) is 23.9 Å². The van der Waals surface area contributed by atoms with E-state index in [1.54, 1.807) is 17.2 Å². The van der Waals surface area contributed by atoms with Crippen LogP contribution in [0.15, 0.2) is 16.7 Å². The van der Waals surface area contributed by atoms with Crippen molar-refractivity contribution in [1.29, 1.82) is 0 Å². The van der Waals surface area contributed by atoms with Crippen LogP contribution in [0, 0.1) is 0 Å². The van der Waals surface area contributed by atoms with E-state index in [1.165, 1.54) is 0 Å². The van der Waals surface area contributed by atoms with Crippen LogP contribution in [0.5, 0.6) is 5.88 Å². The largest absolute Gasteiger partial charge is 0.474 e. The highest BCUT2D eigenvalue weighted by atomic mass is 79.9. The minimum atomic E-state index is -0.138. The number of anilines is 1. The SMILES string of the molecule is O=C(CCl)N1CCOc2ncc(Br)cc21. The number of ether oxygens (including phenoxy) is 1. The maximum atomic E-state index is 11.5. The van der Waals surface area contributed by atoms with E-state index in [2.05, 4.69) is 20.9 Å². The molecule has 1 aromatic rings. The predicted molar refractivity (Wildman–Crippen MR) is 60.5 cm³/mol. The summed E-state index contributed by atoms with van der Waals surface area (Å²) < 4.78 is 6.14. The van der Waals surface area contributed by atoms with E-state index >= 15 is 0 Å². The molecule has 1 aliphatic heterocycles. The molecule has 0 N–H and O–H groups in total. The number of halogens is 2. The van der Waals surface area contributed by atoms with Gasteiger partial charge in [-0.2, -0.15) is 0 Å². The molecule has 0 aliphatic carbocycles. The van der Waals surface area contributed by atoms with Crippen LogP contribution in [0.3, 0.4) is 0 Å². The van der Waals surface area contributed by atoms with E-state index < -0.39 is 0 Å². The molecule has 0 aromatic carbocycles. The van der Waals surface area contributed by atoms with Crippen LogP contribution in [-0.2, 0) is 4.79 Å². The van der Waals surface area contributed by atoms with E-state index in [0.29, 0.717) is 24.7 Å². The van der Waals surface area contributed by atoms with Gasteiger partial charge in [0, 0.05) is 10.7 Å². The van der Waals surface area contributed by atoms with Crippen molar-refractivity contribution in [2.24, 2.45) is 0 Å². The van der Waals surface area contributed by atoms with Gasteiger partial charge in [0.2, 0.25) is 11.8 Å². The number of nitrogens with zero attached hydrogens (tertiary/aromatic N) is 2. The van der Waals surface area contributed by atoms with Crippen molar-refractivity contribution in [3.05, 3.63) is 16.7 Å². The molecule has 1 aromatic heterocycles. The third kappa shape index (κ3) is 2.08. The molecule has 6 heteroatoms. The van der Waals surface area contributed by atoms with Gasteiger partial charge in [0.05, 0.1) is 6.54 Å². The molecule has 1 amide bonds. The van der Waals surface area contributed by atoms with Gasteiger partial charge in [-0.1, -0.05) is 0 Å². The normalized spacial score (nSPS) is 14.4. The van der Waals surface area contributed by atoms with Crippen LogP contribution in [0.4, 0.5) is 5.69 Å². The van der Waals surface area contributed by atoms with Crippen molar-refractivity contribution in [3.8, 4) is 5.88 Å². The lowest BCUT2D eigenvalue weighted by Gasteiger charge is -2.28. The summed E-state index contributed by atoms with van der Waals surface area (Å²) in [6.45, 7) is 0.959. The van der Waals surface area contributed by atoms with Gasteiger partial charge in [-0.25, -0.2) is 4.98 Å². The summed E-state index contributed by atoms with van der Waals surface area (Å²) >= 11 is 8.83. The second kappa shape index (κ2) is 4.37. The summed E-state index contributed by atoms with van der Waals surface area (Å²) in [5.74, 6) is 0.301. The average molecular weight is 292 g/mol. The Balaban J connectivity index is 2.40. The zero-order valence-electron chi connectivity index (χ0n) is 7.74. The highest BCUT2D eigenvalue weighted by Gasteiger charge is 2.24. The van der Waals surface area contributed by atoms with Crippen LogP contribution in [0.1, 0.15) is 0 Å². The Labute approximate surface area is 100 Å². The summed E-state index contributed by atoms with van der Waals surface area (Å²) in [5.41, 5.74) is 0.668. The van der Waals surface area contributed by atoms with Crippen LogP contribution < -0.4 is 9.64 Å². The Morgan fingerprint density at radius 2 is 2.53 bits per heavy atom. The Hall–Kier alpha value is -0.810. The van der Waals surface area contributed by atoms with Gasteiger partial charge in [-0.15, -0.1) is 11.6 Å². The molecular formula is C9H8BrClN2O2. The molecule has 0 spiro atoms. The summed E-state index contributed by atoms with van der Waals surface area (Å²) in [4.78, 5) is 17.2. The van der Waals surface area contributed by atoms with E-state index in [-0.39, 0.29) is 11.8 Å². The van der Waals surface area contributed by atoms with Crippen LogP contribution in [0.2, 0.25) is 0 Å². The predicted octanol–water partition coefficient (Wildman–Crippen LogP) is 1.81. The van der Waals surface area contributed by atoms with Gasteiger partial charge in [-0.05, 0) is 22.0 Å². The van der Waals surface area contributed by atoms with E-state index in [0.717, 1.165) is 4.47 Å². The first-order valence-corrected chi connectivity index (χ1v) is 5.70. The Morgan fingerprint density at radius 1 is 1.73 bits per heavy atom. The first-order valence-electron chi connectivity index (χ1n) is 4.37. The molecule has 0 radical (unpaired) electrons. The van der Waals surface area contributed by atoms with E-state index in [1.807, 2.05) is 0 Å². The summed E-state index contributed by atoms with van der Waals surface area (Å²) in [5, 5.41) is 0. The lowest BCUT2D eigenvalue weighted by Crippen LogP contribution is -2.38. The van der Waals surface area contributed by atoms with Gasteiger partial charge in [0.25, 0.3) is 0 Å². The van der Waals surface area contributed by atoms with E-state index in [9.17, 15) is 4.79 Å². The Kier molecular flexibility index (Phi) is 3.11. The number of hydrogen-bond donors (Lipinski definition) is 0. The molecule has 80 valence electrons. The van der Waals surface area contributed by atoms with Gasteiger partial charge in [0.1, 0.15) is 18.2 Å².